The largest absolute Gasteiger partial charge is 0.508 e. The van der Waals surface area contributed by atoms with Crippen molar-refractivity contribution in [1.82, 2.24) is 15.5 Å². The average molecular weight is 473 g/mol. The van der Waals surface area contributed by atoms with Crippen LogP contribution >= 0.6 is 0 Å². The summed E-state index contributed by atoms with van der Waals surface area (Å²) in [4.78, 5) is 9.00. The van der Waals surface area contributed by atoms with E-state index in [1.807, 2.05) is 30.3 Å². The number of aromatic hydroxyl groups is 2. The number of aliphatic carboxylic acids is 1. The molecule has 6 N–H and O–H groups in total. The van der Waals surface area contributed by atoms with E-state index in [1.165, 1.54) is 24.5 Å². The first kappa shape index (κ1) is 23.8. The zero-order chi connectivity index (χ0) is 24.8. The number of H-pyrrole nitrogens is 1. The number of anilines is 2. The van der Waals surface area contributed by atoms with Crippen molar-refractivity contribution in [2.75, 3.05) is 5.32 Å². The summed E-state index contributed by atoms with van der Waals surface area (Å²) in [6.07, 6.45) is 2.59. The van der Waals surface area contributed by atoms with E-state index in [-0.39, 0.29) is 11.5 Å². The van der Waals surface area contributed by atoms with Crippen LogP contribution in [0.2, 0.25) is 0 Å². The highest BCUT2D eigenvalue weighted by atomic mass is 16.4. The van der Waals surface area contributed by atoms with Crippen molar-refractivity contribution in [3.63, 3.8) is 0 Å². The number of nitrogens with zero attached hydrogens (tertiary/aromatic N) is 1. The summed E-state index contributed by atoms with van der Waals surface area (Å²) in [6.45, 7) is 2.00. The lowest BCUT2D eigenvalue weighted by Gasteiger charge is -2.06. The molecule has 180 valence electrons. The second-order valence-corrected chi connectivity index (χ2v) is 8.44. The molecule has 4 aromatic rings. The SMILES string of the molecule is CC(=O)O.Oc1ccc(-c2ccc(-c3cc(Nc4ccc(CNC5CC5)cc4)n[nH]3)cc2)c(O)c1. The number of benzene rings is 3. The van der Waals surface area contributed by atoms with Gasteiger partial charge in [0, 0.05) is 42.9 Å². The average Bonchev–Trinajstić information content (AvgIpc) is 3.55. The number of aromatic amines is 1. The molecular weight excluding hydrogens is 444 g/mol. The van der Waals surface area contributed by atoms with Crippen molar-refractivity contribution in [1.29, 1.82) is 0 Å². The van der Waals surface area contributed by atoms with Crippen LogP contribution in [0.15, 0.2) is 72.8 Å². The van der Waals surface area contributed by atoms with Gasteiger partial charge in [0.15, 0.2) is 5.82 Å². The minimum absolute atomic E-state index is 0.0416. The number of aromatic nitrogens is 2. The summed E-state index contributed by atoms with van der Waals surface area (Å²) in [7, 11) is 0. The van der Waals surface area contributed by atoms with Gasteiger partial charge >= 0.3 is 0 Å². The van der Waals surface area contributed by atoms with Crippen LogP contribution in [0.3, 0.4) is 0 Å². The molecule has 0 spiro atoms. The number of phenolic OH excluding ortho intramolecular Hbond substituents is 2. The van der Waals surface area contributed by atoms with E-state index in [1.54, 1.807) is 12.1 Å². The topological polar surface area (TPSA) is 130 Å². The first-order chi connectivity index (χ1) is 16.9. The van der Waals surface area contributed by atoms with E-state index in [4.69, 9.17) is 9.90 Å². The Kier molecular flexibility index (Phi) is 7.32. The second kappa shape index (κ2) is 10.8. The van der Waals surface area contributed by atoms with Gasteiger partial charge in [-0.05, 0) is 53.8 Å². The molecule has 8 nitrogen and oxygen atoms in total. The second-order valence-electron chi connectivity index (χ2n) is 8.44. The van der Waals surface area contributed by atoms with Crippen molar-refractivity contribution in [3.8, 4) is 33.9 Å². The number of hydrogen-bond acceptors (Lipinski definition) is 6. The maximum absolute atomic E-state index is 10.1. The van der Waals surface area contributed by atoms with Crippen LogP contribution in [-0.4, -0.2) is 37.5 Å². The summed E-state index contributed by atoms with van der Waals surface area (Å²) in [6, 6.07) is 23.5. The molecule has 0 saturated heterocycles. The van der Waals surface area contributed by atoms with Crippen molar-refractivity contribution >= 4 is 17.5 Å². The zero-order valence-corrected chi connectivity index (χ0v) is 19.3. The predicted molar refractivity (Wildman–Crippen MR) is 136 cm³/mol. The van der Waals surface area contributed by atoms with Crippen LogP contribution in [0.1, 0.15) is 25.3 Å². The molecule has 1 aliphatic rings. The fraction of sp³-hybridized carbons (Fsp3) is 0.185. The maximum atomic E-state index is 10.1. The monoisotopic (exact) mass is 472 g/mol. The third kappa shape index (κ3) is 6.84. The fourth-order valence-electron chi connectivity index (χ4n) is 3.53. The standard InChI is InChI=1S/C25H24N4O2.C2H4O2/c30-21-11-12-22(24(31)13-21)17-3-5-18(6-4-17)23-14-25(29-28-23)27-20-7-1-16(2-8-20)15-26-19-9-10-19;1-2(3)4/h1-8,11-14,19,26,30-31H,9-10,15H2,(H2,27,28,29);1H3,(H,3,4). The minimum Gasteiger partial charge on any atom is -0.508 e. The molecule has 1 heterocycles. The molecule has 8 heteroatoms. The summed E-state index contributed by atoms with van der Waals surface area (Å²) in [5.41, 5.74) is 5.70. The third-order valence-electron chi connectivity index (χ3n) is 5.46. The van der Waals surface area contributed by atoms with Gasteiger partial charge in [-0.1, -0.05) is 36.4 Å². The Labute approximate surface area is 203 Å². The summed E-state index contributed by atoms with van der Waals surface area (Å²) >= 11 is 0. The van der Waals surface area contributed by atoms with Gasteiger partial charge in [-0.15, -0.1) is 0 Å². The Morgan fingerprint density at radius 1 is 0.971 bits per heavy atom. The van der Waals surface area contributed by atoms with Crippen molar-refractivity contribution in [2.24, 2.45) is 0 Å². The summed E-state index contributed by atoms with van der Waals surface area (Å²) < 4.78 is 0. The number of rotatable bonds is 7. The molecule has 1 aromatic heterocycles. The molecule has 1 fully saturated rings. The zero-order valence-electron chi connectivity index (χ0n) is 19.3. The quantitative estimate of drug-likeness (QED) is 0.217. The van der Waals surface area contributed by atoms with Gasteiger partial charge < -0.3 is 26.0 Å². The first-order valence-corrected chi connectivity index (χ1v) is 11.3. The van der Waals surface area contributed by atoms with Gasteiger partial charge in [-0.3, -0.25) is 9.89 Å². The van der Waals surface area contributed by atoms with Gasteiger partial charge in [0.25, 0.3) is 5.97 Å². The predicted octanol–water partition coefficient (Wildman–Crippen LogP) is 5.24. The molecule has 35 heavy (non-hydrogen) atoms. The number of hydrogen-bond donors (Lipinski definition) is 6. The number of phenols is 2. The van der Waals surface area contributed by atoms with E-state index >= 15 is 0 Å². The molecule has 0 bridgehead atoms. The third-order valence-corrected chi connectivity index (χ3v) is 5.46. The molecule has 0 atom stereocenters. The Balaban J connectivity index is 0.000000672. The molecular formula is C27H28N4O4. The van der Waals surface area contributed by atoms with Gasteiger partial charge in [-0.25, -0.2) is 0 Å². The van der Waals surface area contributed by atoms with Crippen LogP contribution in [-0.2, 0) is 11.3 Å². The number of nitrogens with one attached hydrogen (secondary N) is 3. The van der Waals surface area contributed by atoms with E-state index < -0.39 is 5.97 Å². The smallest absolute Gasteiger partial charge is 0.300 e. The Morgan fingerprint density at radius 3 is 2.26 bits per heavy atom. The molecule has 3 aromatic carbocycles. The van der Waals surface area contributed by atoms with Crippen LogP contribution in [0.5, 0.6) is 11.5 Å². The van der Waals surface area contributed by atoms with Gasteiger partial charge in [0.05, 0.1) is 5.69 Å². The fourth-order valence-corrected chi connectivity index (χ4v) is 3.53. The molecule has 0 radical (unpaired) electrons. The molecule has 0 amide bonds. The highest BCUT2D eigenvalue weighted by Gasteiger charge is 2.19. The number of carboxylic acids is 1. The van der Waals surface area contributed by atoms with E-state index in [0.717, 1.165) is 41.8 Å². The molecule has 0 unspecified atom stereocenters. The molecule has 0 aliphatic heterocycles. The lowest BCUT2D eigenvalue weighted by atomic mass is 10.0. The lowest BCUT2D eigenvalue weighted by Crippen LogP contribution is -2.15. The van der Waals surface area contributed by atoms with E-state index in [2.05, 4.69) is 45.1 Å². The summed E-state index contributed by atoms with van der Waals surface area (Å²) in [5, 5.41) is 41.2. The Hall–Kier alpha value is -4.30. The first-order valence-electron chi connectivity index (χ1n) is 11.3. The molecule has 5 rings (SSSR count). The Morgan fingerprint density at radius 2 is 1.63 bits per heavy atom. The van der Waals surface area contributed by atoms with Crippen molar-refractivity contribution in [3.05, 3.63) is 78.4 Å². The lowest BCUT2D eigenvalue weighted by molar-refractivity contribution is -0.134. The van der Waals surface area contributed by atoms with Crippen LogP contribution in [0.25, 0.3) is 22.4 Å². The van der Waals surface area contributed by atoms with Crippen LogP contribution in [0.4, 0.5) is 11.5 Å². The summed E-state index contributed by atoms with van der Waals surface area (Å²) in [5.74, 6) is 0.00847. The maximum Gasteiger partial charge on any atom is 0.300 e. The van der Waals surface area contributed by atoms with Crippen molar-refractivity contribution < 1.29 is 20.1 Å². The van der Waals surface area contributed by atoms with Gasteiger partial charge in [0.1, 0.15) is 11.5 Å². The van der Waals surface area contributed by atoms with Crippen LogP contribution in [0, 0.1) is 0 Å². The van der Waals surface area contributed by atoms with Gasteiger partial charge in [0.2, 0.25) is 0 Å². The number of carbonyl (C=O) groups is 1. The van der Waals surface area contributed by atoms with Gasteiger partial charge in [-0.2, -0.15) is 5.10 Å². The highest BCUT2D eigenvalue weighted by molar-refractivity contribution is 5.74. The molecule has 1 saturated carbocycles. The number of carboxylic acid groups (broad SMARTS) is 1. The van der Waals surface area contributed by atoms with Crippen LogP contribution < -0.4 is 10.6 Å². The highest BCUT2D eigenvalue weighted by Crippen LogP contribution is 2.33. The van der Waals surface area contributed by atoms with Crippen molar-refractivity contribution in [2.45, 2.75) is 32.4 Å². The normalized spacial score (nSPS) is 12.5. The minimum atomic E-state index is -0.833. The molecule has 1 aliphatic carbocycles. The Bertz CT molecular complexity index is 1280. The van der Waals surface area contributed by atoms with E-state index in [0.29, 0.717) is 11.6 Å². The van der Waals surface area contributed by atoms with E-state index in [9.17, 15) is 10.2 Å².